The summed E-state index contributed by atoms with van der Waals surface area (Å²) in [7, 11) is 0. The van der Waals surface area contributed by atoms with Crippen molar-refractivity contribution in [3.63, 3.8) is 0 Å². The molecule has 1 aliphatic rings. The van der Waals surface area contributed by atoms with Crippen LogP contribution in [0.15, 0.2) is 24.3 Å². The molecule has 6 heteroatoms. The van der Waals surface area contributed by atoms with E-state index in [0.717, 1.165) is 12.8 Å². The third kappa shape index (κ3) is 4.56. The Morgan fingerprint density at radius 2 is 1.95 bits per heavy atom. The zero-order valence-electron chi connectivity index (χ0n) is 11.4. The molecule has 1 aliphatic carbocycles. The van der Waals surface area contributed by atoms with Gasteiger partial charge < -0.3 is 10.1 Å². The van der Waals surface area contributed by atoms with Crippen molar-refractivity contribution >= 4 is 29.3 Å². The fourth-order valence-electron chi connectivity index (χ4n) is 2.13. The predicted molar refractivity (Wildman–Crippen MR) is 77.1 cm³/mol. The number of hydrogen-bond donors (Lipinski definition) is 1. The predicted octanol–water partition coefficient (Wildman–Crippen LogP) is 2.12. The van der Waals surface area contributed by atoms with Crippen molar-refractivity contribution < 1.29 is 19.1 Å². The highest BCUT2D eigenvalue weighted by atomic mass is 35.5. The zero-order chi connectivity index (χ0) is 15.2. The topological polar surface area (TPSA) is 72.5 Å². The lowest BCUT2D eigenvalue weighted by molar-refractivity contribution is -0.155. The van der Waals surface area contributed by atoms with E-state index in [-0.39, 0.29) is 12.3 Å². The van der Waals surface area contributed by atoms with E-state index in [1.165, 1.54) is 0 Å². The van der Waals surface area contributed by atoms with E-state index in [2.05, 4.69) is 5.32 Å². The summed E-state index contributed by atoms with van der Waals surface area (Å²) in [5, 5.41) is 2.98. The molecule has 0 radical (unpaired) electrons. The Morgan fingerprint density at radius 1 is 1.24 bits per heavy atom. The van der Waals surface area contributed by atoms with E-state index in [1.54, 1.807) is 24.3 Å². The third-order valence-electron chi connectivity index (χ3n) is 3.27. The minimum Gasteiger partial charge on any atom is -0.453 e. The van der Waals surface area contributed by atoms with Crippen molar-refractivity contribution in [2.24, 2.45) is 0 Å². The van der Waals surface area contributed by atoms with Crippen LogP contribution < -0.4 is 5.32 Å². The maximum atomic E-state index is 11.8. The molecule has 0 unspecified atom stereocenters. The van der Waals surface area contributed by atoms with Crippen LogP contribution in [-0.4, -0.2) is 30.3 Å². The van der Waals surface area contributed by atoms with Gasteiger partial charge in [0.05, 0.1) is 0 Å². The summed E-state index contributed by atoms with van der Waals surface area (Å²) in [5.74, 6) is -1.03. The lowest BCUT2D eigenvalue weighted by Crippen LogP contribution is -2.36. The Balaban J connectivity index is 1.79. The molecule has 5 nitrogen and oxygen atoms in total. The summed E-state index contributed by atoms with van der Waals surface area (Å²) in [6.07, 6.45) is 2.09. The highest BCUT2D eigenvalue weighted by Crippen LogP contribution is 2.17. The zero-order valence-corrected chi connectivity index (χ0v) is 12.2. The number of nitrogens with one attached hydrogen (secondary N) is 1. The third-order valence-corrected chi connectivity index (χ3v) is 3.52. The summed E-state index contributed by atoms with van der Waals surface area (Å²) in [6.45, 7) is -0.259. The molecule has 0 saturated heterocycles. The number of esters is 1. The highest BCUT2D eigenvalue weighted by molar-refractivity contribution is 6.30. The van der Waals surface area contributed by atoms with Gasteiger partial charge in [0, 0.05) is 17.0 Å². The Labute approximate surface area is 127 Å². The van der Waals surface area contributed by atoms with Gasteiger partial charge in [-0.15, -0.1) is 0 Å². The second-order valence-electron chi connectivity index (χ2n) is 4.88. The summed E-state index contributed by atoms with van der Waals surface area (Å²) in [6, 6.07) is 6.31. The Hall–Kier alpha value is -1.88. The van der Waals surface area contributed by atoms with Crippen LogP contribution in [0, 0.1) is 0 Å². The molecule has 2 rings (SSSR count). The van der Waals surface area contributed by atoms with Gasteiger partial charge in [0.1, 0.15) is 6.54 Å². The maximum absolute atomic E-state index is 11.8. The van der Waals surface area contributed by atoms with Crippen LogP contribution in [0.3, 0.4) is 0 Å². The SMILES string of the molecule is O=C(CNC(=O)c1ccc(Cl)cc1)O[C@@H]1CCCCC1=O. The van der Waals surface area contributed by atoms with Crippen molar-refractivity contribution in [2.45, 2.75) is 31.8 Å². The molecule has 0 spiro atoms. The van der Waals surface area contributed by atoms with Crippen LogP contribution in [-0.2, 0) is 14.3 Å². The van der Waals surface area contributed by atoms with Crippen molar-refractivity contribution in [1.82, 2.24) is 5.32 Å². The van der Waals surface area contributed by atoms with E-state index >= 15 is 0 Å². The number of Topliss-reactive ketones (excluding diaryl/α,β-unsaturated/α-hetero) is 1. The van der Waals surface area contributed by atoms with E-state index in [4.69, 9.17) is 16.3 Å². The first-order valence-corrected chi connectivity index (χ1v) is 7.20. The van der Waals surface area contributed by atoms with E-state index in [0.29, 0.717) is 23.4 Å². The van der Waals surface area contributed by atoms with E-state index < -0.39 is 18.0 Å². The van der Waals surface area contributed by atoms with Gasteiger partial charge >= 0.3 is 5.97 Å². The summed E-state index contributed by atoms with van der Waals surface area (Å²) >= 11 is 5.73. The molecule has 1 fully saturated rings. The normalized spacial score (nSPS) is 18.1. The van der Waals surface area contributed by atoms with Gasteiger partial charge in [0.2, 0.25) is 0 Å². The fourth-order valence-corrected chi connectivity index (χ4v) is 2.26. The van der Waals surface area contributed by atoms with Gasteiger partial charge in [-0.1, -0.05) is 11.6 Å². The van der Waals surface area contributed by atoms with Crippen LogP contribution in [0.2, 0.25) is 5.02 Å². The van der Waals surface area contributed by atoms with Crippen molar-refractivity contribution in [3.05, 3.63) is 34.9 Å². The Bertz CT molecular complexity index is 541. The number of ketones is 1. The van der Waals surface area contributed by atoms with Crippen LogP contribution >= 0.6 is 11.6 Å². The molecule has 0 bridgehead atoms. The van der Waals surface area contributed by atoms with Crippen molar-refractivity contribution in [2.75, 3.05) is 6.54 Å². The largest absolute Gasteiger partial charge is 0.453 e. The molecule has 1 saturated carbocycles. The second-order valence-corrected chi connectivity index (χ2v) is 5.32. The summed E-state index contributed by atoms with van der Waals surface area (Å²) in [5.41, 5.74) is 0.404. The van der Waals surface area contributed by atoms with Gasteiger partial charge in [-0.3, -0.25) is 14.4 Å². The standard InChI is InChI=1S/C15H16ClNO4/c16-11-7-5-10(6-8-11)15(20)17-9-14(19)21-13-4-2-1-3-12(13)18/h5-8,13H,1-4,9H2,(H,17,20)/t13-/m1/s1. The molecule has 0 heterocycles. The number of ether oxygens (including phenoxy) is 1. The van der Waals surface area contributed by atoms with E-state index in [9.17, 15) is 14.4 Å². The average molecular weight is 310 g/mol. The quantitative estimate of drug-likeness (QED) is 0.865. The highest BCUT2D eigenvalue weighted by Gasteiger charge is 2.25. The maximum Gasteiger partial charge on any atom is 0.326 e. The lowest BCUT2D eigenvalue weighted by atomic mass is 9.96. The number of amides is 1. The number of carbonyl (C=O) groups excluding carboxylic acids is 3. The van der Waals surface area contributed by atoms with E-state index in [1.807, 2.05) is 0 Å². The Morgan fingerprint density at radius 3 is 2.62 bits per heavy atom. The fraction of sp³-hybridized carbons (Fsp3) is 0.400. The van der Waals surface area contributed by atoms with Crippen LogP contribution in [0.5, 0.6) is 0 Å². The van der Waals surface area contributed by atoms with Crippen LogP contribution in [0.4, 0.5) is 0 Å². The first-order valence-electron chi connectivity index (χ1n) is 6.82. The summed E-state index contributed by atoms with van der Waals surface area (Å²) < 4.78 is 5.08. The number of halogens is 1. The number of carbonyl (C=O) groups is 3. The Kier molecular flexibility index (Phi) is 5.33. The molecule has 112 valence electrons. The molecule has 21 heavy (non-hydrogen) atoms. The number of rotatable bonds is 4. The first kappa shape index (κ1) is 15.5. The molecule has 1 aromatic carbocycles. The van der Waals surface area contributed by atoms with Gasteiger partial charge in [0.25, 0.3) is 5.91 Å². The van der Waals surface area contributed by atoms with Crippen molar-refractivity contribution in [1.29, 1.82) is 0 Å². The minimum absolute atomic E-state index is 0.0429. The molecule has 1 aromatic rings. The molecular weight excluding hydrogens is 294 g/mol. The molecule has 0 aromatic heterocycles. The van der Waals surface area contributed by atoms with Crippen LogP contribution in [0.1, 0.15) is 36.0 Å². The first-order chi connectivity index (χ1) is 10.1. The molecule has 0 aliphatic heterocycles. The van der Waals surface area contributed by atoms with Gasteiger partial charge in [-0.2, -0.15) is 0 Å². The average Bonchev–Trinajstić information content (AvgIpc) is 2.48. The summed E-state index contributed by atoms with van der Waals surface area (Å²) in [4.78, 5) is 35.0. The monoisotopic (exact) mass is 309 g/mol. The minimum atomic E-state index is -0.654. The van der Waals surface area contributed by atoms with Gasteiger partial charge in [-0.05, 0) is 43.5 Å². The van der Waals surface area contributed by atoms with Crippen molar-refractivity contribution in [3.8, 4) is 0 Å². The number of benzene rings is 1. The molecule has 1 atom stereocenters. The lowest BCUT2D eigenvalue weighted by Gasteiger charge is -2.20. The molecule has 1 amide bonds. The van der Waals surface area contributed by atoms with Gasteiger partial charge in [0.15, 0.2) is 11.9 Å². The molecular formula is C15H16ClNO4. The van der Waals surface area contributed by atoms with Gasteiger partial charge in [-0.25, -0.2) is 0 Å². The smallest absolute Gasteiger partial charge is 0.326 e. The van der Waals surface area contributed by atoms with Crippen LogP contribution in [0.25, 0.3) is 0 Å². The second kappa shape index (κ2) is 7.22. The molecule has 1 N–H and O–H groups in total. The number of hydrogen-bond acceptors (Lipinski definition) is 4.